The quantitative estimate of drug-likeness (QED) is 0.803. The molecule has 0 saturated carbocycles. The minimum atomic E-state index is -0.146. The lowest BCUT2D eigenvalue weighted by Gasteiger charge is -1.94. The number of carbonyl (C=O) groups excluding carboxylic acids is 1. The van der Waals surface area contributed by atoms with Gasteiger partial charge in [0.25, 0.3) is 0 Å². The predicted octanol–water partition coefficient (Wildman–Crippen LogP) is 3.50. The van der Waals surface area contributed by atoms with Crippen molar-refractivity contribution < 1.29 is 4.79 Å². The molecule has 0 radical (unpaired) electrons. The van der Waals surface area contributed by atoms with Crippen LogP contribution in [-0.4, -0.2) is 15.6 Å². The molecule has 0 amide bonds. The lowest BCUT2D eigenvalue weighted by molar-refractivity contribution is 0.103. The molecule has 84 valence electrons. The Morgan fingerprint density at radius 1 is 1.56 bits per heavy atom. The summed E-state index contributed by atoms with van der Waals surface area (Å²) in [5.74, 6) is -0.146. The molecule has 0 aliphatic heterocycles. The number of ketones is 1. The second kappa shape index (κ2) is 4.57. The van der Waals surface area contributed by atoms with Crippen LogP contribution in [-0.2, 0) is 6.54 Å². The van der Waals surface area contributed by atoms with Crippen molar-refractivity contribution in [2.24, 2.45) is 0 Å². The molecule has 0 fully saturated rings. The van der Waals surface area contributed by atoms with Crippen molar-refractivity contribution in [1.29, 1.82) is 0 Å². The van der Waals surface area contributed by atoms with E-state index in [2.05, 4.69) is 5.10 Å². The normalized spacial score (nSPS) is 10.7. The molecule has 3 nitrogen and oxygen atoms in total. The summed E-state index contributed by atoms with van der Waals surface area (Å²) in [5, 5.41) is 4.04. The second-order valence-corrected chi connectivity index (χ2v) is 5.44. The monoisotopic (exact) mass is 274 g/mol. The number of aromatic nitrogens is 2. The van der Waals surface area contributed by atoms with Crippen LogP contribution < -0.4 is 0 Å². The number of halogens is 2. The van der Waals surface area contributed by atoms with Crippen LogP contribution in [0, 0.1) is 0 Å². The number of nitrogens with zero attached hydrogens (tertiary/aromatic N) is 2. The molecule has 0 saturated heterocycles. The molecular formula is C10H8Cl2N2OS. The summed E-state index contributed by atoms with van der Waals surface area (Å²) in [7, 11) is 0. The van der Waals surface area contributed by atoms with Gasteiger partial charge in [-0.15, -0.1) is 11.3 Å². The van der Waals surface area contributed by atoms with Crippen LogP contribution in [0.2, 0.25) is 8.67 Å². The van der Waals surface area contributed by atoms with Gasteiger partial charge in [0, 0.05) is 12.7 Å². The van der Waals surface area contributed by atoms with Crippen molar-refractivity contribution >= 4 is 40.3 Å². The van der Waals surface area contributed by atoms with Gasteiger partial charge < -0.3 is 0 Å². The van der Waals surface area contributed by atoms with Crippen molar-refractivity contribution in [2.75, 3.05) is 0 Å². The van der Waals surface area contributed by atoms with Gasteiger partial charge in [0.15, 0.2) is 5.78 Å². The van der Waals surface area contributed by atoms with E-state index in [1.807, 2.05) is 6.92 Å². The van der Waals surface area contributed by atoms with E-state index in [1.54, 1.807) is 16.9 Å². The van der Waals surface area contributed by atoms with Gasteiger partial charge in [-0.3, -0.25) is 9.48 Å². The number of hydrogen-bond acceptors (Lipinski definition) is 3. The lowest BCUT2D eigenvalue weighted by atomic mass is 10.1. The fourth-order valence-electron chi connectivity index (χ4n) is 1.30. The minimum Gasteiger partial charge on any atom is -0.288 e. The third-order valence-corrected chi connectivity index (χ3v) is 3.61. The van der Waals surface area contributed by atoms with E-state index in [0.29, 0.717) is 19.8 Å². The molecule has 2 aromatic heterocycles. The Bertz CT molecular complexity index is 533. The Kier molecular flexibility index (Phi) is 3.33. The van der Waals surface area contributed by atoms with Crippen molar-refractivity contribution in [3.05, 3.63) is 38.3 Å². The maximum Gasteiger partial charge on any atom is 0.198 e. The van der Waals surface area contributed by atoms with Crippen LogP contribution in [0.4, 0.5) is 0 Å². The van der Waals surface area contributed by atoms with Gasteiger partial charge in [-0.1, -0.05) is 23.2 Å². The van der Waals surface area contributed by atoms with Gasteiger partial charge in [-0.2, -0.15) is 5.10 Å². The Morgan fingerprint density at radius 2 is 2.31 bits per heavy atom. The van der Waals surface area contributed by atoms with Crippen LogP contribution in [0.1, 0.15) is 22.8 Å². The SMILES string of the molecule is CCn1cc(C(=O)c2cc(Cl)sc2Cl)cn1. The number of rotatable bonds is 3. The molecule has 0 unspecified atom stereocenters. The zero-order valence-electron chi connectivity index (χ0n) is 8.41. The van der Waals surface area contributed by atoms with Gasteiger partial charge >= 0.3 is 0 Å². The number of thiophene rings is 1. The van der Waals surface area contributed by atoms with E-state index >= 15 is 0 Å². The first-order chi connectivity index (χ1) is 7.61. The van der Waals surface area contributed by atoms with E-state index in [4.69, 9.17) is 23.2 Å². The highest BCUT2D eigenvalue weighted by molar-refractivity contribution is 7.20. The van der Waals surface area contributed by atoms with Crippen LogP contribution in [0.25, 0.3) is 0 Å². The predicted molar refractivity (Wildman–Crippen MR) is 65.7 cm³/mol. The summed E-state index contributed by atoms with van der Waals surface area (Å²) in [6, 6.07) is 1.58. The molecule has 0 aromatic carbocycles. The third-order valence-electron chi connectivity index (χ3n) is 2.12. The number of hydrogen-bond donors (Lipinski definition) is 0. The summed E-state index contributed by atoms with van der Waals surface area (Å²) >= 11 is 12.9. The minimum absolute atomic E-state index is 0.146. The third kappa shape index (κ3) is 2.14. The molecule has 0 atom stereocenters. The average molecular weight is 275 g/mol. The second-order valence-electron chi connectivity index (χ2n) is 3.15. The van der Waals surface area contributed by atoms with E-state index in [9.17, 15) is 4.79 Å². The summed E-state index contributed by atoms with van der Waals surface area (Å²) < 4.78 is 2.62. The smallest absolute Gasteiger partial charge is 0.198 e. The van der Waals surface area contributed by atoms with Crippen molar-refractivity contribution in [3.63, 3.8) is 0 Å². The van der Waals surface area contributed by atoms with Gasteiger partial charge in [-0.25, -0.2) is 0 Å². The van der Waals surface area contributed by atoms with Crippen molar-refractivity contribution in [1.82, 2.24) is 9.78 Å². The topological polar surface area (TPSA) is 34.9 Å². The average Bonchev–Trinajstić information content (AvgIpc) is 2.84. The molecule has 2 aromatic rings. The Morgan fingerprint density at radius 3 is 2.81 bits per heavy atom. The molecule has 2 rings (SSSR count). The summed E-state index contributed by atoms with van der Waals surface area (Å²) in [6.45, 7) is 2.68. The van der Waals surface area contributed by atoms with E-state index in [1.165, 1.54) is 17.5 Å². The standard InChI is InChI=1S/C10H8Cl2N2OS/c1-2-14-5-6(4-13-14)9(15)7-3-8(11)16-10(7)12/h3-5H,2H2,1H3. The van der Waals surface area contributed by atoms with Crippen LogP contribution in [0.3, 0.4) is 0 Å². The first kappa shape index (κ1) is 11.6. The highest BCUT2D eigenvalue weighted by atomic mass is 35.5. The largest absolute Gasteiger partial charge is 0.288 e. The molecule has 2 heterocycles. The first-order valence-electron chi connectivity index (χ1n) is 4.63. The zero-order chi connectivity index (χ0) is 11.7. The van der Waals surface area contributed by atoms with E-state index in [-0.39, 0.29) is 5.78 Å². The molecule has 0 aliphatic carbocycles. The summed E-state index contributed by atoms with van der Waals surface area (Å²) in [6.07, 6.45) is 3.23. The molecule has 0 spiro atoms. The van der Waals surface area contributed by atoms with E-state index < -0.39 is 0 Å². The van der Waals surface area contributed by atoms with Gasteiger partial charge in [0.05, 0.1) is 21.7 Å². The summed E-state index contributed by atoms with van der Waals surface area (Å²) in [4.78, 5) is 12.0. The molecule has 6 heteroatoms. The molecule has 0 aliphatic rings. The van der Waals surface area contributed by atoms with Crippen molar-refractivity contribution in [3.8, 4) is 0 Å². The van der Waals surface area contributed by atoms with Crippen LogP contribution in [0.15, 0.2) is 18.5 Å². The zero-order valence-corrected chi connectivity index (χ0v) is 10.7. The van der Waals surface area contributed by atoms with E-state index in [0.717, 1.165) is 6.54 Å². The molecule has 0 N–H and O–H groups in total. The molecule has 0 bridgehead atoms. The fraction of sp³-hybridized carbons (Fsp3) is 0.200. The van der Waals surface area contributed by atoms with Crippen molar-refractivity contribution in [2.45, 2.75) is 13.5 Å². The maximum absolute atomic E-state index is 12.0. The highest BCUT2D eigenvalue weighted by Crippen LogP contribution is 2.32. The van der Waals surface area contributed by atoms with Gasteiger partial charge in [0.1, 0.15) is 4.34 Å². The fourth-order valence-corrected chi connectivity index (χ4v) is 2.76. The van der Waals surface area contributed by atoms with Gasteiger partial charge in [-0.05, 0) is 13.0 Å². The van der Waals surface area contributed by atoms with Crippen LogP contribution >= 0.6 is 34.5 Å². The maximum atomic E-state index is 12.0. The first-order valence-corrected chi connectivity index (χ1v) is 6.21. The number of aryl methyl sites for hydroxylation is 1. The summed E-state index contributed by atoms with van der Waals surface area (Å²) in [5.41, 5.74) is 0.963. The lowest BCUT2D eigenvalue weighted by Crippen LogP contribution is -1.99. The van der Waals surface area contributed by atoms with Gasteiger partial charge in [0.2, 0.25) is 0 Å². The number of carbonyl (C=O) groups is 1. The Hall–Kier alpha value is -0.840. The Balaban J connectivity index is 2.35. The molecular weight excluding hydrogens is 267 g/mol. The van der Waals surface area contributed by atoms with Crippen LogP contribution in [0.5, 0.6) is 0 Å². The highest BCUT2D eigenvalue weighted by Gasteiger charge is 2.17. The molecule has 16 heavy (non-hydrogen) atoms. The Labute approximate surface area is 107 Å².